The van der Waals surface area contributed by atoms with Crippen molar-refractivity contribution in [2.75, 3.05) is 40.9 Å². The zero-order chi connectivity index (χ0) is 23.2. The van der Waals surface area contributed by atoms with E-state index in [1.54, 1.807) is 0 Å². The van der Waals surface area contributed by atoms with Crippen molar-refractivity contribution >= 4 is 8.60 Å². The number of nitrogens with zero attached hydrogens (tertiary/aromatic N) is 1. The first-order chi connectivity index (χ1) is 14.8. The first kappa shape index (κ1) is 31.2. The molecule has 2 N–H and O–H groups in total. The molecule has 31 heavy (non-hydrogen) atoms. The van der Waals surface area contributed by atoms with Crippen LogP contribution in [0.3, 0.4) is 0 Å². The van der Waals surface area contributed by atoms with Crippen molar-refractivity contribution in [3.8, 4) is 0 Å². The third-order valence-electron chi connectivity index (χ3n) is 5.74. The Morgan fingerprint density at radius 1 is 0.645 bits per heavy atom. The van der Waals surface area contributed by atoms with Crippen molar-refractivity contribution in [1.82, 2.24) is 0 Å². The number of rotatable bonds is 24. The fourth-order valence-corrected chi connectivity index (χ4v) is 4.21. The van der Waals surface area contributed by atoms with Crippen LogP contribution in [0.5, 0.6) is 0 Å². The molecule has 2 unspecified atom stereocenters. The van der Waals surface area contributed by atoms with Gasteiger partial charge in [-0.05, 0) is 19.3 Å². The molecule has 0 heterocycles. The average Bonchev–Trinajstić information content (AvgIpc) is 2.70. The van der Waals surface area contributed by atoms with Gasteiger partial charge in [-0.15, -0.1) is 0 Å². The van der Waals surface area contributed by atoms with Crippen molar-refractivity contribution in [3.63, 3.8) is 0 Å². The van der Waals surface area contributed by atoms with Crippen LogP contribution in [0.1, 0.15) is 116 Å². The van der Waals surface area contributed by atoms with E-state index in [9.17, 15) is 10.00 Å². The lowest BCUT2D eigenvalue weighted by Crippen LogP contribution is -2.37. The summed E-state index contributed by atoms with van der Waals surface area (Å²) in [7, 11) is 4.48. The van der Waals surface area contributed by atoms with Crippen LogP contribution in [0, 0.1) is 0 Å². The topological polar surface area (TPSA) is 58.9 Å². The molecule has 0 aromatic heterocycles. The molecule has 188 valence electrons. The highest BCUT2D eigenvalue weighted by Crippen LogP contribution is 2.32. The SMILES string of the molecule is CCCCCCCCCCCCCCCCC(O)CCCOP(O)OCC[N+](C)(C)C. The second-order valence-electron chi connectivity index (χ2n) is 10.1. The van der Waals surface area contributed by atoms with E-state index >= 15 is 0 Å². The summed E-state index contributed by atoms with van der Waals surface area (Å²) in [4.78, 5) is 9.71. The van der Waals surface area contributed by atoms with Crippen LogP contribution < -0.4 is 0 Å². The van der Waals surface area contributed by atoms with Crippen LogP contribution in [0.4, 0.5) is 0 Å². The van der Waals surface area contributed by atoms with Crippen LogP contribution in [0.25, 0.3) is 0 Å². The summed E-state index contributed by atoms with van der Waals surface area (Å²) in [6, 6.07) is 0. The second kappa shape index (κ2) is 22.0. The Hall–Kier alpha value is 0.230. The molecule has 0 radical (unpaired) electrons. The van der Waals surface area contributed by atoms with Crippen molar-refractivity contribution in [3.05, 3.63) is 0 Å². The van der Waals surface area contributed by atoms with Crippen molar-refractivity contribution in [1.29, 1.82) is 0 Å². The maximum Gasteiger partial charge on any atom is 0.330 e. The van der Waals surface area contributed by atoms with Gasteiger partial charge < -0.3 is 23.5 Å². The lowest BCUT2D eigenvalue weighted by atomic mass is 10.0. The zero-order valence-corrected chi connectivity index (χ0v) is 22.2. The molecule has 0 fully saturated rings. The molecule has 0 amide bonds. The smallest absolute Gasteiger partial charge is 0.330 e. The van der Waals surface area contributed by atoms with Crippen LogP contribution in [-0.4, -0.2) is 61.5 Å². The van der Waals surface area contributed by atoms with Gasteiger partial charge in [-0.1, -0.05) is 96.8 Å². The minimum Gasteiger partial charge on any atom is -0.393 e. The fraction of sp³-hybridized carbons (Fsp3) is 1.00. The van der Waals surface area contributed by atoms with E-state index in [4.69, 9.17) is 9.05 Å². The van der Waals surface area contributed by atoms with Gasteiger partial charge in [0.05, 0.1) is 33.9 Å². The third kappa shape index (κ3) is 26.4. The third-order valence-corrected chi connectivity index (χ3v) is 6.55. The average molecular weight is 465 g/mol. The molecule has 0 rings (SSSR count). The quantitative estimate of drug-likeness (QED) is 0.0921. The predicted octanol–water partition coefficient (Wildman–Crippen LogP) is 6.96. The molecule has 0 bridgehead atoms. The Bertz CT molecular complexity index is 366. The molecular formula is C25H55NO4P+. The molecule has 2 atom stereocenters. The van der Waals surface area contributed by atoms with Gasteiger partial charge in [0.1, 0.15) is 13.2 Å². The molecule has 0 aliphatic rings. The van der Waals surface area contributed by atoms with Gasteiger partial charge in [0.25, 0.3) is 0 Å². The minimum absolute atomic E-state index is 0.245. The Balaban J connectivity index is 3.28. The molecule has 0 aromatic rings. The first-order valence-corrected chi connectivity index (χ1v) is 14.2. The Morgan fingerprint density at radius 2 is 1.06 bits per heavy atom. The summed E-state index contributed by atoms with van der Waals surface area (Å²) in [6.07, 6.45) is 21.2. The summed E-state index contributed by atoms with van der Waals surface area (Å²) in [5, 5.41) is 10.1. The number of likely N-dealkylation sites (N-methyl/N-ethyl adjacent to an activating group) is 1. The monoisotopic (exact) mass is 464 g/mol. The van der Waals surface area contributed by atoms with Gasteiger partial charge in [-0.3, -0.25) is 0 Å². The lowest BCUT2D eigenvalue weighted by Gasteiger charge is -2.23. The molecule has 0 spiro atoms. The molecule has 0 aromatic carbocycles. The summed E-state index contributed by atoms with van der Waals surface area (Å²) in [6.45, 7) is 4.05. The van der Waals surface area contributed by atoms with Gasteiger partial charge >= 0.3 is 8.60 Å². The Morgan fingerprint density at radius 3 is 1.55 bits per heavy atom. The molecule has 0 aliphatic heterocycles. The van der Waals surface area contributed by atoms with E-state index in [0.717, 1.165) is 36.7 Å². The number of aliphatic hydroxyl groups is 1. The first-order valence-electron chi connectivity index (χ1n) is 13.1. The standard InChI is InChI=1S/C25H55NO4P/c1-5-6-7-8-9-10-11-12-13-14-15-16-17-18-20-25(27)21-19-23-29-31(28)30-24-22-26(2,3)4/h25,27-28H,5-24H2,1-4H3/q+1. The molecule has 0 saturated carbocycles. The fourth-order valence-electron chi connectivity index (χ4n) is 3.61. The number of hydrogen-bond donors (Lipinski definition) is 2. The van der Waals surface area contributed by atoms with E-state index in [1.807, 2.05) is 0 Å². The number of unbranched alkanes of at least 4 members (excludes halogenated alkanes) is 13. The molecule has 6 heteroatoms. The van der Waals surface area contributed by atoms with Crippen LogP contribution >= 0.6 is 8.60 Å². The van der Waals surface area contributed by atoms with Crippen molar-refractivity contribution in [2.24, 2.45) is 0 Å². The van der Waals surface area contributed by atoms with Crippen molar-refractivity contribution < 1.29 is 23.5 Å². The van der Waals surface area contributed by atoms with E-state index in [-0.39, 0.29) is 6.10 Å². The summed E-state index contributed by atoms with van der Waals surface area (Å²) < 4.78 is 11.4. The largest absolute Gasteiger partial charge is 0.393 e. The summed E-state index contributed by atoms with van der Waals surface area (Å²) in [5.74, 6) is 0. The van der Waals surface area contributed by atoms with Crippen LogP contribution in [-0.2, 0) is 9.05 Å². The summed E-state index contributed by atoms with van der Waals surface area (Å²) >= 11 is 0. The summed E-state index contributed by atoms with van der Waals surface area (Å²) in [5.41, 5.74) is 0. The van der Waals surface area contributed by atoms with Crippen molar-refractivity contribution in [2.45, 2.75) is 122 Å². The molecular weight excluding hydrogens is 409 g/mol. The predicted molar refractivity (Wildman–Crippen MR) is 134 cm³/mol. The molecule has 0 aliphatic carbocycles. The zero-order valence-electron chi connectivity index (χ0n) is 21.3. The lowest BCUT2D eigenvalue weighted by molar-refractivity contribution is -0.870. The highest BCUT2D eigenvalue weighted by molar-refractivity contribution is 7.40. The van der Waals surface area contributed by atoms with E-state index in [1.165, 1.54) is 83.5 Å². The van der Waals surface area contributed by atoms with Gasteiger partial charge in [0, 0.05) is 0 Å². The highest BCUT2D eigenvalue weighted by Gasteiger charge is 2.12. The highest BCUT2D eigenvalue weighted by atomic mass is 31.2. The maximum atomic E-state index is 10.1. The van der Waals surface area contributed by atoms with Crippen LogP contribution in [0.2, 0.25) is 0 Å². The normalized spacial score (nSPS) is 14.1. The number of quaternary nitrogens is 1. The molecule has 0 saturated heterocycles. The second-order valence-corrected chi connectivity index (χ2v) is 11.1. The van der Waals surface area contributed by atoms with Gasteiger partial charge in [0.15, 0.2) is 0 Å². The van der Waals surface area contributed by atoms with Gasteiger partial charge in [0.2, 0.25) is 0 Å². The van der Waals surface area contributed by atoms with Gasteiger partial charge in [-0.25, -0.2) is 0 Å². The minimum atomic E-state index is -1.78. The van der Waals surface area contributed by atoms with Crippen LogP contribution in [0.15, 0.2) is 0 Å². The van der Waals surface area contributed by atoms with Gasteiger partial charge in [-0.2, -0.15) is 0 Å². The molecule has 5 nitrogen and oxygen atoms in total. The number of aliphatic hydroxyl groups excluding tert-OH is 1. The number of hydrogen-bond acceptors (Lipinski definition) is 4. The maximum absolute atomic E-state index is 10.1. The van der Waals surface area contributed by atoms with E-state index < -0.39 is 8.60 Å². The Labute approximate surface area is 195 Å². The van der Waals surface area contributed by atoms with E-state index in [2.05, 4.69) is 28.1 Å². The Kier molecular flexibility index (Phi) is 22.2. The van der Waals surface area contributed by atoms with E-state index in [0.29, 0.717) is 13.2 Å².